The number of piperidine rings is 1. The van der Waals surface area contributed by atoms with Crippen LogP contribution < -0.4 is 5.32 Å². The number of hydrogen-bond acceptors (Lipinski definition) is 3. The second kappa shape index (κ2) is 7.58. The smallest absolute Gasteiger partial charge is 0.281 e. The number of carbonyl (C=O) groups excluding carboxylic acids is 1. The van der Waals surface area contributed by atoms with E-state index in [-0.39, 0.29) is 23.7 Å². The molecule has 6 nitrogen and oxygen atoms in total. The number of benzene rings is 1. The van der Waals surface area contributed by atoms with Gasteiger partial charge in [0, 0.05) is 33.1 Å². The summed E-state index contributed by atoms with van der Waals surface area (Å²) in [6.45, 7) is 2.52. The van der Waals surface area contributed by atoms with Gasteiger partial charge in [-0.1, -0.05) is 12.1 Å². The van der Waals surface area contributed by atoms with E-state index in [0.717, 1.165) is 5.56 Å². The lowest BCUT2D eigenvalue weighted by atomic mass is 9.96. The molecule has 0 radical (unpaired) electrons. The number of nitrogens with zero attached hydrogens (tertiary/aromatic N) is 2. The van der Waals surface area contributed by atoms with E-state index < -0.39 is 10.2 Å². The Labute approximate surface area is 142 Å². The quantitative estimate of drug-likeness (QED) is 0.869. The van der Waals surface area contributed by atoms with Crippen molar-refractivity contribution in [1.29, 1.82) is 0 Å². The van der Waals surface area contributed by atoms with Crippen molar-refractivity contribution >= 4 is 16.1 Å². The van der Waals surface area contributed by atoms with E-state index in [1.54, 1.807) is 12.1 Å². The summed E-state index contributed by atoms with van der Waals surface area (Å²) in [5.74, 6) is -0.609. The molecule has 0 saturated carbocycles. The summed E-state index contributed by atoms with van der Waals surface area (Å²) in [4.78, 5) is 12.4. The number of rotatable bonds is 5. The topological polar surface area (TPSA) is 69.7 Å². The summed E-state index contributed by atoms with van der Waals surface area (Å²) in [5, 5.41) is 2.92. The average molecular weight is 357 g/mol. The largest absolute Gasteiger partial charge is 0.349 e. The second-order valence-corrected chi connectivity index (χ2v) is 8.39. The van der Waals surface area contributed by atoms with Gasteiger partial charge < -0.3 is 5.32 Å². The van der Waals surface area contributed by atoms with Crippen LogP contribution in [0, 0.1) is 11.7 Å². The van der Waals surface area contributed by atoms with Crippen molar-refractivity contribution in [3.63, 3.8) is 0 Å². The molecule has 1 heterocycles. The van der Waals surface area contributed by atoms with Crippen LogP contribution in [-0.4, -0.2) is 50.1 Å². The third-order valence-electron chi connectivity index (χ3n) is 4.34. The Bertz CT molecular complexity index is 668. The summed E-state index contributed by atoms with van der Waals surface area (Å²) >= 11 is 0. The molecule has 0 bridgehead atoms. The number of amides is 1. The highest BCUT2D eigenvalue weighted by molar-refractivity contribution is 7.86. The molecule has 0 aliphatic carbocycles. The zero-order valence-corrected chi connectivity index (χ0v) is 15.0. The van der Waals surface area contributed by atoms with Crippen molar-refractivity contribution in [3.8, 4) is 0 Å². The van der Waals surface area contributed by atoms with Crippen LogP contribution in [0.15, 0.2) is 24.3 Å². The summed E-state index contributed by atoms with van der Waals surface area (Å²) in [6.07, 6.45) is 0.990. The Hall–Kier alpha value is -1.51. The molecule has 1 aliphatic rings. The Morgan fingerprint density at radius 3 is 2.29 bits per heavy atom. The van der Waals surface area contributed by atoms with Gasteiger partial charge in [0.05, 0.1) is 6.04 Å². The molecule has 1 aliphatic heterocycles. The number of hydrogen-bond donors (Lipinski definition) is 1. The van der Waals surface area contributed by atoms with Crippen LogP contribution in [0.2, 0.25) is 0 Å². The molecule has 134 valence electrons. The summed E-state index contributed by atoms with van der Waals surface area (Å²) < 4.78 is 39.7. The highest BCUT2D eigenvalue weighted by atomic mass is 32.2. The van der Waals surface area contributed by atoms with Crippen LogP contribution in [0.5, 0.6) is 0 Å². The first-order chi connectivity index (χ1) is 11.2. The standard InChI is InChI=1S/C16H24FN3O3S/c1-12(13-4-6-15(17)7-5-13)18-16(21)14-8-10-20(11-9-14)24(22,23)19(2)3/h4-7,12,14H,8-11H2,1-3H3,(H,18,21)/t12-/m0/s1. The van der Waals surface area contributed by atoms with E-state index in [1.165, 1.54) is 34.8 Å². The molecule has 1 fully saturated rings. The first-order valence-corrected chi connectivity index (χ1v) is 9.35. The van der Waals surface area contributed by atoms with Gasteiger partial charge in [0.1, 0.15) is 5.82 Å². The van der Waals surface area contributed by atoms with Gasteiger partial charge in [-0.25, -0.2) is 4.39 Å². The average Bonchev–Trinajstić information content (AvgIpc) is 2.55. The lowest BCUT2D eigenvalue weighted by molar-refractivity contribution is -0.126. The first-order valence-electron chi connectivity index (χ1n) is 7.95. The Balaban J connectivity index is 1.90. The van der Waals surface area contributed by atoms with Gasteiger partial charge in [-0.3, -0.25) is 4.79 Å². The minimum atomic E-state index is -3.42. The van der Waals surface area contributed by atoms with E-state index in [1.807, 2.05) is 6.92 Å². The third-order valence-corrected chi connectivity index (χ3v) is 6.28. The minimum absolute atomic E-state index is 0.0891. The van der Waals surface area contributed by atoms with Gasteiger partial charge in [0.15, 0.2) is 0 Å². The lowest BCUT2D eigenvalue weighted by Gasteiger charge is -2.32. The molecule has 0 unspecified atom stereocenters. The molecule has 1 N–H and O–H groups in total. The first kappa shape index (κ1) is 18.8. The Morgan fingerprint density at radius 1 is 1.25 bits per heavy atom. The van der Waals surface area contributed by atoms with Crippen LogP contribution in [0.3, 0.4) is 0 Å². The van der Waals surface area contributed by atoms with Crippen LogP contribution in [0.25, 0.3) is 0 Å². The lowest BCUT2D eigenvalue weighted by Crippen LogP contribution is -2.47. The maximum Gasteiger partial charge on any atom is 0.281 e. The fourth-order valence-corrected chi connectivity index (χ4v) is 3.88. The molecule has 0 spiro atoms. The fourth-order valence-electron chi connectivity index (χ4n) is 2.75. The summed E-state index contributed by atoms with van der Waals surface area (Å²) in [6, 6.07) is 5.80. The van der Waals surface area contributed by atoms with Crippen LogP contribution in [0.1, 0.15) is 31.4 Å². The molecule has 1 atom stereocenters. The van der Waals surface area contributed by atoms with Crippen molar-refractivity contribution in [2.24, 2.45) is 5.92 Å². The zero-order chi connectivity index (χ0) is 17.9. The molecule has 2 rings (SSSR count). The molecule has 1 saturated heterocycles. The van der Waals surface area contributed by atoms with Gasteiger partial charge in [0.2, 0.25) is 5.91 Å². The number of halogens is 1. The zero-order valence-electron chi connectivity index (χ0n) is 14.2. The maximum absolute atomic E-state index is 12.9. The highest BCUT2D eigenvalue weighted by Crippen LogP contribution is 2.22. The summed E-state index contributed by atoms with van der Waals surface area (Å²) in [5.41, 5.74) is 0.831. The van der Waals surface area contributed by atoms with Crippen LogP contribution in [-0.2, 0) is 15.0 Å². The fraction of sp³-hybridized carbons (Fsp3) is 0.562. The van der Waals surface area contributed by atoms with E-state index in [2.05, 4.69) is 5.32 Å². The summed E-state index contributed by atoms with van der Waals surface area (Å²) in [7, 11) is -0.423. The van der Waals surface area contributed by atoms with Gasteiger partial charge >= 0.3 is 0 Å². The molecule has 1 aromatic rings. The van der Waals surface area contributed by atoms with Crippen molar-refractivity contribution < 1.29 is 17.6 Å². The van der Waals surface area contributed by atoms with Gasteiger partial charge in [-0.05, 0) is 37.5 Å². The number of carbonyl (C=O) groups is 1. The van der Waals surface area contributed by atoms with Crippen molar-refractivity contribution in [1.82, 2.24) is 13.9 Å². The van der Waals surface area contributed by atoms with Crippen LogP contribution in [0.4, 0.5) is 4.39 Å². The SMILES string of the molecule is C[C@H](NC(=O)C1CCN(S(=O)(=O)N(C)C)CC1)c1ccc(F)cc1. The number of nitrogens with one attached hydrogen (secondary N) is 1. The predicted molar refractivity (Wildman–Crippen MR) is 89.9 cm³/mol. The minimum Gasteiger partial charge on any atom is -0.349 e. The normalized spacial score (nSPS) is 18.5. The molecule has 1 aromatic carbocycles. The molecule has 1 amide bonds. The highest BCUT2D eigenvalue weighted by Gasteiger charge is 2.32. The second-order valence-electron chi connectivity index (χ2n) is 6.25. The monoisotopic (exact) mass is 357 g/mol. The maximum atomic E-state index is 12.9. The van der Waals surface area contributed by atoms with Crippen LogP contribution >= 0.6 is 0 Å². The van der Waals surface area contributed by atoms with Crippen molar-refractivity contribution in [2.75, 3.05) is 27.2 Å². The molecule has 0 aromatic heterocycles. The molecule has 8 heteroatoms. The van der Waals surface area contributed by atoms with E-state index in [0.29, 0.717) is 25.9 Å². The van der Waals surface area contributed by atoms with E-state index in [4.69, 9.17) is 0 Å². The van der Waals surface area contributed by atoms with Gasteiger partial charge in [-0.2, -0.15) is 17.0 Å². The van der Waals surface area contributed by atoms with Gasteiger partial charge in [0.25, 0.3) is 10.2 Å². The van der Waals surface area contributed by atoms with E-state index in [9.17, 15) is 17.6 Å². The Kier molecular flexibility index (Phi) is 5.95. The molecular weight excluding hydrogens is 333 g/mol. The predicted octanol–water partition coefficient (Wildman–Crippen LogP) is 1.52. The third kappa shape index (κ3) is 4.31. The molecular formula is C16H24FN3O3S. The van der Waals surface area contributed by atoms with Gasteiger partial charge in [-0.15, -0.1) is 0 Å². The Morgan fingerprint density at radius 2 is 1.79 bits per heavy atom. The molecule has 24 heavy (non-hydrogen) atoms. The van der Waals surface area contributed by atoms with E-state index >= 15 is 0 Å². The van der Waals surface area contributed by atoms with Crippen molar-refractivity contribution in [2.45, 2.75) is 25.8 Å². The van der Waals surface area contributed by atoms with Crippen molar-refractivity contribution in [3.05, 3.63) is 35.6 Å².